The van der Waals surface area contributed by atoms with Crippen LogP contribution >= 0.6 is 23.4 Å². The number of aromatic nitrogens is 2. The van der Waals surface area contributed by atoms with Gasteiger partial charge in [0.25, 0.3) is 0 Å². The number of piperazine rings is 1. The quantitative estimate of drug-likeness (QED) is 0.657. The Kier molecular flexibility index (Phi) is 7.59. The van der Waals surface area contributed by atoms with Gasteiger partial charge in [0.1, 0.15) is 12.1 Å². The van der Waals surface area contributed by atoms with Crippen LogP contribution < -0.4 is 10.2 Å². The number of hydrogen-bond acceptors (Lipinski definition) is 6. The summed E-state index contributed by atoms with van der Waals surface area (Å²) in [4.78, 5) is 26.9. The van der Waals surface area contributed by atoms with Crippen molar-refractivity contribution in [3.63, 3.8) is 0 Å². The fourth-order valence-electron chi connectivity index (χ4n) is 4.42. The summed E-state index contributed by atoms with van der Waals surface area (Å²) in [7, 11) is 0. The minimum Gasteiger partial charge on any atom is -0.353 e. The first kappa shape index (κ1) is 23.3. The summed E-state index contributed by atoms with van der Waals surface area (Å²) in [6, 6.07) is 8.17. The van der Waals surface area contributed by atoms with E-state index < -0.39 is 0 Å². The second-order valence-corrected chi connectivity index (χ2v) is 10.7. The van der Waals surface area contributed by atoms with Crippen LogP contribution in [0.4, 0.5) is 5.82 Å². The third kappa shape index (κ3) is 5.38. The van der Waals surface area contributed by atoms with Gasteiger partial charge in [-0.2, -0.15) is 0 Å². The normalized spacial score (nSPS) is 19.3. The molecule has 6 nitrogen and oxygen atoms in total. The lowest BCUT2D eigenvalue weighted by molar-refractivity contribution is -0.135. The zero-order chi connectivity index (χ0) is 22.7. The molecule has 2 atom stereocenters. The molecular formula is C24H32ClN5OS. The summed E-state index contributed by atoms with van der Waals surface area (Å²) in [6.45, 7) is 10.2. The van der Waals surface area contributed by atoms with Crippen LogP contribution in [0.2, 0.25) is 5.02 Å². The molecular weight excluding hydrogens is 442 g/mol. The zero-order valence-corrected chi connectivity index (χ0v) is 20.6. The molecule has 1 N–H and O–H groups in total. The molecule has 1 aromatic heterocycles. The van der Waals surface area contributed by atoms with E-state index in [1.54, 1.807) is 6.33 Å². The smallest absolute Gasteiger partial charge is 0.227 e. The van der Waals surface area contributed by atoms with Gasteiger partial charge >= 0.3 is 0 Å². The number of benzene rings is 1. The molecule has 32 heavy (non-hydrogen) atoms. The van der Waals surface area contributed by atoms with E-state index in [0.717, 1.165) is 54.0 Å². The minimum atomic E-state index is -0.0927. The largest absolute Gasteiger partial charge is 0.353 e. The summed E-state index contributed by atoms with van der Waals surface area (Å²) >= 11 is 7.96. The summed E-state index contributed by atoms with van der Waals surface area (Å²) in [5.74, 6) is 2.15. The number of amides is 1. The molecule has 1 amide bonds. The highest BCUT2D eigenvalue weighted by molar-refractivity contribution is 7.99. The van der Waals surface area contributed by atoms with Gasteiger partial charge in [-0.3, -0.25) is 4.79 Å². The molecule has 0 bridgehead atoms. The number of fused-ring (bicyclic) bond motifs is 1. The lowest BCUT2D eigenvalue weighted by Gasteiger charge is -2.38. The molecule has 0 saturated carbocycles. The fraction of sp³-hybridized carbons (Fsp3) is 0.542. The van der Waals surface area contributed by atoms with Crippen molar-refractivity contribution in [2.24, 2.45) is 5.92 Å². The Morgan fingerprint density at radius 1 is 1.19 bits per heavy atom. The standard InChI is InChI=1S/C24H32ClN5OS/c1-16(2)26-13-19(12-18-4-6-20(25)7-5-18)24(31)30-10-8-29(9-11-30)23-22-17(3)32-14-21(22)27-15-28-23/h4-7,15-17,19,26H,8-14H2,1-3H3/t17-,19?/m0/s1. The van der Waals surface area contributed by atoms with Crippen LogP contribution in [0, 0.1) is 5.92 Å². The molecule has 1 fully saturated rings. The molecule has 0 aliphatic carbocycles. The van der Waals surface area contributed by atoms with Gasteiger partial charge in [-0.05, 0) is 31.0 Å². The highest BCUT2D eigenvalue weighted by Crippen LogP contribution is 2.44. The van der Waals surface area contributed by atoms with Crippen LogP contribution in [0.3, 0.4) is 0 Å². The van der Waals surface area contributed by atoms with Crippen molar-refractivity contribution in [3.8, 4) is 0 Å². The number of carbonyl (C=O) groups is 1. The van der Waals surface area contributed by atoms with Gasteiger partial charge in [0.05, 0.1) is 11.6 Å². The molecule has 0 radical (unpaired) electrons. The third-order valence-electron chi connectivity index (χ3n) is 6.23. The van der Waals surface area contributed by atoms with Crippen LogP contribution in [0.15, 0.2) is 30.6 Å². The van der Waals surface area contributed by atoms with Crippen molar-refractivity contribution in [2.45, 2.75) is 44.2 Å². The molecule has 1 unspecified atom stereocenters. The first-order valence-electron chi connectivity index (χ1n) is 11.4. The molecule has 0 spiro atoms. The van der Waals surface area contributed by atoms with Crippen molar-refractivity contribution in [1.29, 1.82) is 0 Å². The number of halogens is 1. The maximum Gasteiger partial charge on any atom is 0.227 e. The number of rotatable bonds is 7. The second-order valence-electron chi connectivity index (χ2n) is 8.91. The van der Waals surface area contributed by atoms with E-state index >= 15 is 0 Å². The predicted molar refractivity (Wildman–Crippen MR) is 132 cm³/mol. The van der Waals surface area contributed by atoms with E-state index in [1.165, 1.54) is 5.56 Å². The number of hydrogen-bond donors (Lipinski definition) is 1. The molecule has 2 aromatic rings. The molecule has 1 saturated heterocycles. The number of thioether (sulfide) groups is 1. The van der Waals surface area contributed by atoms with Crippen LogP contribution in [0.5, 0.6) is 0 Å². The highest BCUT2D eigenvalue weighted by Gasteiger charge is 2.31. The van der Waals surface area contributed by atoms with Crippen molar-refractivity contribution in [2.75, 3.05) is 37.6 Å². The Balaban J connectivity index is 1.42. The Hall–Kier alpha value is -1.83. The molecule has 1 aromatic carbocycles. The Morgan fingerprint density at radius 2 is 1.91 bits per heavy atom. The third-order valence-corrected chi connectivity index (χ3v) is 7.66. The molecule has 2 aliphatic rings. The topological polar surface area (TPSA) is 61.4 Å². The van der Waals surface area contributed by atoms with Crippen molar-refractivity contribution in [3.05, 3.63) is 52.4 Å². The van der Waals surface area contributed by atoms with Gasteiger partial charge in [-0.1, -0.05) is 37.6 Å². The first-order chi connectivity index (χ1) is 15.4. The van der Waals surface area contributed by atoms with E-state index in [9.17, 15) is 4.79 Å². The Labute approximate surface area is 200 Å². The van der Waals surface area contributed by atoms with Crippen molar-refractivity contribution in [1.82, 2.24) is 20.2 Å². The first-order valence-corrected chi connectivity index (χ1v) is 12.8. The van der Waals surface area contributed by atoms with Gasteiger partial charge < -0.3 is 15.1 Å². The average molecular weight is 474 g/mol. The Morgan fingerprint density at radius 3 is 2.59 bits per heavy atom. The number of anilines is 1. The molecule has 172 valence electrons. The van der Waals surface area contributed by atoms with Crippen LogP contribution in [0.25, 0.3) is 0 Å². The predicted octanol–water partition coefficient (Wildman–Crippen LogP) is 3.94. The number of nitrogens with one attached hydrogen (secondary N) is 1. The van der Waals surface area contributed by atoms with E-state index in [0.29, 0.717) is 24.3 Å². The molecule has 3 heterocycles. The van der Waals surface area contributed by atoms with Gasteiger partial charge in [-0.25, -0.2) is 9.97 Å². The second kappa shape index (κ2) is 10.4. The van der Waals surface area contributed by atoms with E-state index in [2.05, 4.69) is 41.0 Å². The van der Waals surface area contributed by atoms with E-state index in [4.69, 9.17) is 11.6 Å². The minimum absolute atomic E-state index is 0.0927. The summed E-state index contributed by atoms with van der Waals surface area (Å²) in [5, 5.41) is 4.60. The average Bonchev–Trinajstić information content (AvgIpc) is 3.18. The SMILES string of the molecule is CC(C)NCC(Cc1ccc(Cl)cc1)C(=O)N1CCN(c2ncnc3c2[C@H](C)SC3)CC1. The van der Waals surface area contributed by atoms with Gasteiger partial charge in [0.2, 0.25) is 5.91 Å². The molecule has 4 rings (SSSR count). The molecule has 8 heteroatoms. The molecule has 2 aliphatic heterocycles. The maximum absolute atomic E-state index is 13.5. The summed E-state index contributed by atoms with van der Waals surface area (Å²) in [5.41, 5.74) is 3.58. The van der Waals surface area contributed by atoms with Crippen molar-refractivity contribution < 1.29 is 4.79 Å². The van der Waals surface area contributed by atoms with Crippen LogP contribution in [-0.4, -0.2) is 59.5 Å². The monoisotopic (exact) mass is 473 g/mol. The summed E-state index contributed by atoms with van der Waals surface area (Å²) in [6.07, 6.45) is 2.40. The lowest BCUT2D eigenvalue weighted by Crippen LogP contribution is -2.52. The van der Waals surface area contributed by atoms with Gasteiger partial charge in [0.15, 0.2) is 0 Å². The maximum atomic E-state index is 13.5. The van der Waals surface area contributed by atoms with E-state index in [-0.39, 0.29) is 11.8 Å². The lowest BCUT2D eigenvalue weighted by atomic mass is 9.97. The Bertz CT molecular complexity index is 930. The van der Waals surface area contributed by atoms with E-state index in [1.807, 2.05) is 40.9 Å². The highest BCUT2D eigenvalue weighted by atomic mass is 35.5. The van der Waals surface area contributed by atoms with Crippen LogP contribution in [-0.2, 0) is 17.0 Å². The summed E-state index contributed by atoms with van der Waals surface area (Å²) < 4.78 is 0. The van der Waals surface area contributed by atoms with Crippen LogP contribution in [0.1, 0.15) is 42.8 Å². The fourth-order valence-corrected chi connectivity index (χ4v) is 5.59. The van der Waals surface area contributed by atoms with Gasteiger partial charge in [-0.15, -0.1) is 11.8 Å². The number of nitrogens with zero attached hydrogens (tertiary/aromatic N) is 4. The zero-order valence-electron chi connectivity index (χ0n) is 19.1. The number of carbonyl (C=O) groups excluding carboxylic acids is 1. The van der Waals surface area contributed by atoms with Gasteiger partial charge in [0, 0.05) is 60.4 Å². The van der Waals surface area contributed by atoms with Crippen molar-refractivity contribution >= 4 is 35.1 Å².